The van der Waals surface area contributed by atoms with E-state index in [1.165, 1.54) is 12.1 Å². The van der Waals surface area contributed by atoms with E-state index in [4.69, 9.17) is 4.74 Å². The number of carbonyl (C=O) groups excluding carboxylic acids is 1. The predicted octanol–water partition coefficient (Wildman–Crippen LogP) is 4.64. The van der Waals surface area contributed by atoms with Crippen molar-refractivity contribution in [1.82, 2.24) is 0 Å². The number of rotatable bonds is 4. The summed E-state index contributed by atoms with van der Waals surface area (Å²) in [5.74, 6) is -1.03. The van der Waals surface area contributed by atoms with Gasteiger partial charge in [0.15, 0.2) is 0 Å². The molecule has 0 aromatic heterocycles. The van der Waals surface area contributed by atoms with Crippen molar-refractivity contribution in [3.05, 3.63) is 58.2 Å². The second-order valence-electron chi connectivity index (χ2n) is 6.62. The molecule has 0 heterocycles. The third kappa shape index (κ3) is 3.23. The number of hydrogen-bond donors (Lipinski definition) is 1. The number of hydrogen-bond acceptors (Lipinski definition) is 2. The molecule has 0 radical (unpaired) electrons. The summed E-state index contributed by atoms with van der Waals surface area (Å²) in [6, 6.07) is 5.41. The van der Waals surface area contributed by atoms with Crippen LogP contribution in [0.3, 0.4) is 0 Å². The van der Waals surface area contributed by atoms with Gasteiger partial charge in [0.1, 0.15) is 17.4 Å². The van der Waals surface area contributed by atoms with Crippen LogP contribution in [0.5, 0.6) is 5.75 Å². The second-order valence-corrected chi connectivity index (χ2v) is 6.62. The van der Waals surface area contributed by atoms with Crippen LogP contribution in [0.4, 0.5) is 14.5 Å². The molecule has 132 valence electrons. The predicted molar refractivity (Wildman–Crippen MR) is 93.0 cm³/mol. The first-order chi connectivity index (χ1) is 11.8. The van der Waals surface area contributed by atoms with Crippen molar-refractivity contribution in [2.45, 2.75) is 33.1 Å². The summed E-state index contributed by atoms with van der Waals surface area (Å²) in [6.45, 7) is 5.79. The van der Waals surface area contributed by atoms with E-state index in [1.54, 1.807) is 7.11 Å². The lowest BCUT2D eigenvalue weighted by atomic mass is 10.0. The number of nitrogens with one attached hydrogen (secondary N) is 1. The van der Waals surface area contributed by atoms with Crippen LogP contribution in [0.2, 0.25) is 0 Å². The van der Waals surface area contributed by atoms with E-state index in [0.29, 0.717) is 12.0 Å². The minimum absolute atomic E-state index is 0.135. The summed E-state index contributed by atoms with van der Waals surface area (Å²) in [4.78, 5) is 12.6. The van der Waals surface area contributed by atoms with Gasteiger partial charge in [-0.1, -0.05) is 6.07 Å². The van der Waals surface area contributed by atoms with E-state index < -0.39 is 11.6 Å². The van der Waals surface area contributed by atoms with Crippen molar-refractivity contribution in [3.8, 4) is 5.75 Å². The van der Waals surface area contributed by atoms with Gasteiger partial charge in [0.2, 0.25) is 5.91 Å². The standard InChI is InChI=1S/C20H21F2NO2/c1-10-7-18(25-4)11(2)12(3)19(10)23-20(24)16-9-15(16)14-6-5-13(21)8-17(14)22/h5-8,15-16H,9H2,1-4H3,(H,23,24)/t15-,16-/m0/s1. The van der Waals surface area contributed by atoms with Crippen molar-refractivity contribution in [2.24, 2.45) is 5.92 Å². The lowest BCUT2D eigenvalue weighted by Gasteiger charge is -2.17. The van der Waals surface area contributed by atoms with Gasteiger partial charge >= 0.3 is 0 Å². The summed E-state index contributed by atoms with van der Waals surface area (Å²) in [5.41, 5.74) is 4.02. The van der Waals surface area contributed by atoms with Crippen LogP contribution in [0.25, 0.3) is 0 Å². The van der Waals surface area contributed by atoms with Crippen molar-refractivity contribution in [1.29, 1.82) is 0 Å². The maximum absolute atomic E-state index is 13.9. The summed E-state index contributed by atoms with van der Waals surface area (Å²) in [5, 5.41) is 2.97. The maximum Gasteiger partial charge on any atom is 0.228 e. The minimum atomic E-state index is -0.608. The van der Waals surface area contributed by atoms with Crippen LogP contribution < -0.4 is 10.1 Å². The molecule has 0 unspecified atom stereocenters. The Morgan fingerprint density at radius 1 is 1.16 bits per heavy atom. The number of carbonyl (C=O) groups is 1. The average molecular weight is 345 g/mol. The van der Waals surface area contributed by atoms with E-state index in [-0.39, 0.29) is 17.7 Å². The molecular weight excluding hydrogens is 324 g/mol. The van der Waals surface area contributed by atoms with E-state index in [0.717, 1.165) is 34.2 Å². The molecule has 0 aliphatic heterocycles. The van der Waals surface area contributed by atoms with Gasteiger partial charge in [0.05, 0.1) is 7.11 Å². The summed E-state index contributed by atoms with van der Waals surface area (Å²) in [7, 11) is 1.62. The number of amides is 1. The first-order valence-corrected chi connectivity index (χ1v) is 8.24. The first-order valence-electron chi connectivity index (χ1n) is 8.24. The Bertz CT molecular complexity index is 848. The van der Waals surface area contributed by atoms with Crippen molar-refractivity contribution in [2.75, 3.05) is 12.4 Å². The highest BCUT2D eigenvalue weighted by Gasteiger charge is 2.45. The molecule has 2 aromatic rings. The molecule has 1 aliphatic carbocycles. The van der Waals surface area contributed by atoms with Crippen molar-refractivity contribution >= 4 is 11.6 Å². The molecule has 1 saturated carbocycles. The molecule has 3 nitrogen and oxygen atoms in total. The SMILES string of the molecule is COc1cc(C)c(NC(=O)[C@H]2C[C@H]2c2ccc(F)cc2F)c(C)c1C. The number of aryl methyl sites for hydroxylation is 1. The highest BCUT2D eigenvalue weighted by molar-refractivity contribution is 5.96. The van der Waals surface area contributed by atoms with Crippen LogP contribution >= 0.6 is 0 Å². The highest BCUT2D eigenvalue weighted by Crippen LogP contribution is 2.49. The Balaban J connectivity index is 1.77. The van der Waals surface area contributed by atoms with Crippen LogP contribution in [0.1, 0.15) is 34.6 Å². The third-order valence-electron chi connectivity index (χ3n) is 5.01. The molecule has 2 atom stereocenters. The quantitative estimate of drug-likeness (QED) is 0.877. The minimum Gasteiger partial charge on any atom is -0.496 e. The molecule has 3 rings (SSSR count). The molecule has 1 fully saturated rings. The van der Waals surface area contributed by atoms with Gasteiger partial charge in [-0.25, -0.2) is 8.78 Å². The van der Waals surface area contributed by atoms with Crippen LogP contribution in [-0.4, -0.2) is 13.0 Å². The van der Waals surface area contributed by atoms with Gasteiger partial charge in [-0.05, 0) is 67.5 Å². The van der Waals surface area contributed by atoms with Crippen molar-refractivity contribution in [3.63, 3.8) is 0 Å². The summed E-state index contributed by atoms with van der Waals surface area (Å²) in [6.07, 6.45) is 0.571. The van der Waals surface area contributed by atoms with Gasteiger partial charge < -0.3 is 10.1 Å². The maximum atomic E-state index is 13.9. The number of halogens is 2. The number of methoxy groups -OCH3 is 1. The monoisotopic (exact) mass is 345 g/mol. The van der Waals surface area contributed by atoms with Gasteiger partial charge in [-0.3, -0.25) is 4.79 Å². The Labute approximate surface area is 146 Å². The molecule has 0 bridgehead atoms. The number of ether oxygens (including phenoxy) is 1. The smallest absolute Gasteiger partial charge is 0.228 e. The molecular formula is C20H21F2NO2. The van der Waals surface area contributed by atoms with Gasteiger partial charge in [0.25, 0.3) is 0 Å². The lowest BCUT2D eigenvalue weighted by molar-refractivity contribution is -0.117. The Hall–Kier alpha value is -2.43. The third-order valence-corrected chi connectivity index (χ3v) is 5.01. The molecule has 25 heavy (non-hydrogen) atoms. The molecule has 1 amide bonds. The molecule has 2 aromatic carbocycles. The number of benzene rings is 2. The van der Waals surface area contributed by atoms with E-state index >= 15 is 0 Å². The zero-order valence-electron chi connectivity index (χ0n) is 14.7. The van der Waals surface area contributed by atoms with Gasteiger partial charge in [0, 0.05) is 17.7 Å². The zero-order valence-corrected chi connectivity index (χ0v) is 14.7. The summed E-state index contributed by atoms with van der Waals surface area (Å²) >= 11 is 0. The van der Waals surface area contributed by atoms with Gasteiger partial charge in [-0.15, -0.1) is 0 Å². The molecule has 1 aliphatic rings. The molecule has 1 N–H and O–H groups in total. The van der Waals surface area contributed by atoms with Crippen molar-refractivity contribution < 1.29 is 18.3 Å². The zero-order chi connectivity index (χ0) is 18.3. The topological polar surface area (TPSA) is 38.3 Å². The van der Waals surface area contributed by atoms with Crippen LogP contribution in [0.15, 0.2) is 24.3 Å². The van der Waals surface area contributed by atoms with Crippen LogP contribution in [0, 0.1) is 38.3 Å². The normalized spacial score (nSPS) is 18.8. The molecule has 0 spiro atoms. The second kappa shape index (κ2) is 6.47. The fourth-order valence-corrected chi connectivity index (χ4v) is 3.30. The molecule has 0 saturated heterocycles. The van der Waals surface area contributed by atoms with E-state index in [1.807, 2.05) is 26.8 Å². The fraction of sp³-hybridized carbons (Fsp3) is 0.350. The highest BCUT2D eigenvalue weighted by atomic mass is 19.1. The van der Waals surface area contributed by atoms with Gasteiger partial charge in [-0.2, -0.15) is 0 Å². The lowest BCUT2D eigenvalue weighted by Crippen LogP contribution is -2.17. The fourth-order valence-electron chi connectivity index (χ4n) is 3.30. The molecule has 5 heteroatoms. The summed E-state index contributed by atoms with van der Waals surface area (Å²) < 4.78 is 32.3. The number of anilines is 1. The average Bonchev–Trinajstić information content (AvgIpc) is 3.35. The van der Waals surface area contributed by atoms with E-state index in [2.05, 4.69) is 5.32 Å². The van der Waals surface area contributed by atoms with Crippen LogP contribution in [-0.2, 0) is 4.79 Å². The Kier molecular flexibility index (Phi) is 4.50. The van der Waals surface area contributed by atoms with E-state index in [9.17, 15) is 13.6 Å². The first kappa shape index (κ1) is 17.4. The Morgan fingerprint density at radius 2 is 1.88 bits per heavy atom. The largest absolute Gasteiger partial charge is 0.496 e. The Morgan fingerprint density at radius 3 is 2.52 bits per heavy atom.